The lowest BCUT2D eigenvalue weighted by Gasteiger charge is -2.15. The van der Waals surface area contributed by atoms with Gasteiger partial charge in [-0.2, -0.15) is 13.2 Å². The fourth-order valence-corrected chi connectivity index (χ4v) is 2.97. The molecule has 0 saturated heterocycles. The Hall–Kier alpha value is -2.62. The zero-order valence-corrected chi connectivity index (χ0v) is 14.5. The first kappa shape index (κ1) is 19.7. The van der Waals surface area contributed by atoms with E-state index in [9.17, 15) is 22.8 Å². The zero-order valence-electron chi connectivity index (χ0n) is 13.7. The Morgan fingerprint density at radius 3 is 2.46 bits per heavy atom. The molecule has 1 heterocycles. The van der Waals surface area contributed by atoms with Gasteiger partial charge in [-0.05, 0) is 30.7 Å². The summed E-state index contributed by atoms with van der Waals surface area (Å²) in [5, 5.41) is 3.78. The molecule has 3 N–H and O–H groups in total. The monoisotopic (exact) mass is 387 g/mol. The predicted octanol–water partition coefficient (Wildman–Crippen LogP) is 2.91. The maximum Gasteiger partial charge on any atom is 0.434 e. The Morgan fingerprint density at radius 2 is 1.96 bits per heavy atom. The molecule has 0 aliphatic carbocycles. The topological polar surface area (TPSA) is 94.3 Å². The Bertz CT molecular complexity index is 775. The van der Waals surface area contributed by atoms with Gasteiger partial charge in [0.2, 0.25) is 0 Å². The van der Waals surface area contributed by atoms with E-state index in [-0.39, 0.29) is 11.6 Å². The van der Waals surface area contributed by atoms with E-state index >= 15 is 0 Å². The van der Waals surface area contributed by atoms with Crippen molar-refractivity contribution in [3.8, 4) is 5.75 Å². The third kappa shape index (κ3) is 5.19. The molecular formula is C16H16F3N3O3S. The summed E-state index contributed by atoms with van der Waals surface area (Å²) >= 11 is 0.848. The van der Waals surface area contributed by atoms with Gasteiger partial charge in [0.1, 0.15) is 10.8 Å². The summed E-state index contributed by atoms with van der Waals surface area (Å²) in [6.07, 6.45) is -4.13. The van der Waals surface area contributed by atoms with E-state index in [1.807, 2.05) is 0 Å². The Balaban J connectivity index is 2.04. The number of ether oxygens (including phenoxy) is 1. The quantitative estimate of drug-likeness (QED) is 0.764. The number of nitrogens with two attached hydrogens (primary N) is 1. The molecule has 1 unspecified atom stereocenters. The first-order chi connectivity index (χ1) is 12.2. The molecule has 0 aliphatic heterocycles. The van der Waals surface area contributed by atoms with E-state index in [0.29, 0.717) is 17.7 Å². The summed E-state index contributed by atoms with van der Waals surface area (Å²) in [5.41, 5.74) is 4.29. The normalized spacial score (nSPS) is 12.5. The summed E-state index contributed by atoms with van der Waals surface area (Å²) in [4.78, 5) is 26.5. The van der Waals surface area contributed by atoms with Gasteiger partial charge < -0.3 is 15.8 Å². The summed E-state index contributed by atoms with van der Waals surface area (Å²) in [6, 6.07) is 5.30. The number of halogens is 3. The summed E-state index contributed by atoms with van der Waals surface area (Å²) < 4.78 is 43.1. The molecule has 2 amide bonds. The third-order valence-corrected chi connectivity index (χ3v) is 4.28. The Kier molecular flexibility index (Phi) is 6.19. The number of thiazole rings is 1. The highest BCUT2D eigenvalue weighted by atomic mass is 32.1. The summed E-state index contributed by atoms with van der Waals surface area (Å²) in [5.74, 6) is -0.719. The number of hydrogen-bond acceptors (Lipinski definition) is 5. The highest BCUT2D eigenvalue weighted by Crippen LogP contribution is 2.32. The number of nitrogens with zero attached hydrogens (tertiary/aromatic N) is 1. The number of alkyl halides is 3. The largest absolute Gasteiger partial charge is 0.484 e. The molecule has 1 atom stereocenters. The van der Waals surface area contributed by atoms with Crippen LogP contribution in [-0.2, 0) is 11.0 Å². The van der Waals surface area contributed by atoms with Gasteiger partial charge in [0.15, 0.2) is 12.3 Å². The molecule has 0 radical (unpaired) electrons. The molecule has 0 fully saturated rings. The second-order valence-electron chi connectivity index (χ2n) is 5.28. The third-order valence-electron chi connectivity index (χ3n) is 3.32. The lowest BCUT2D eigenvalue weighted by molar-refractivity contribution is -0.140. The van der Waals surface area contributed by atoms with Crippen LogP contribution < -0.4 is 15.8 Å². The number of carbonyl (C=O) groups excluding carboxylic acids is 2. The molecule has 2 aromatic rings. The maximum atomic E-state index is 12.7. The molecule has 0 spiro atoms. The lowest BCUT2D eigenvalue weighted by Crippen LogP contribution is -2.28. The minimum Gasteiger partial charge on any atom is -0.484 e. The number of hydrogen-bond donors (Lipinski definition) is 2. The van der Waals surface area contributed by atoms with Crippen LogP contribution in [0.2, 0.25) is 0 Å². The van der Waals surface area contributed by atoms with Crippen molar-refractivity contribution in [2.24, 2.45) is 5.73 Å². The van der Waals surface area contributed by atoms with Gasteiger partial charge >= 0.3 is 6.18 Å². The molecule has 26 heavy (non-hydrogen) atoms. The van der Waals surface area contributed by atoms with E-state index < -0.39 is 29.7 Å². The predicted molar refractivity (Wildman–Crippen MR) is 88.7 cm³/mol. The van der Waals surface area contributed by atoms with Crippen molar-refractivity contribution >= 4 is 23.2 Å². The van der Waals surface area contributed by atoms with Crippen LogP contribution >= 0.6 is 11.3 Å². The molecule has 2 rings (SSSR count). The van der Waals surface area contributed by atoms with Crippen LogP contribution in [0.15, 0.2) is 29.6 Å². The van der Waals surface area contributed by atoms with Crippen molar-refractivity contribution in [3.05, 3.63) is 45.9 Å². The summed E-state index contributed by atoms with van der Waals surface area (Å²) in [7, 11) is 0. The van der Waals surface area contributed by atoms with Gasteiger partial charge in [-0.25, -0.2) is 4.98 Å². The van der Waals surface area contributed by atoms with Gasteiger partial charge in [0.25, 0.3) is 11.8 Å². The molecule has 1 aromatic heterocycles. The highest BCUT2D eigenvalue weighted by molar-refractivity contribution is 7.09. The number of benzene rings is 1. The molecular weight excluding hydrogens is 371 g/mol. The molecule has 0 bridgehead atoms. The number of rotatable bonds is 7. The maximum absolute atomic E-state index is 12.7. The Morgan fingerprint density at radius 1 is 1.31 bits per heavy atom. The average Bonchev–Trinajstić information content (AvgIpc) is 3.08. The van der Waals surface area contributed by atoms with Crippen molar-refractivity contribution in [3.63, 3.8) is 0 Å². The minimum atomic E-state index is -4.52. The van der Waals surface area contributed by atoms with Crippen molar-refractivity contribution in [1.29, 1.82) is 0 Å². The van der Waals surface area contributed by atoms with Gasteiger partial charge in [-0.3, -0.25) is 9.59 Å². The molecule has 10 heteroatoms. The summed E-state index contributed by atoms with van der Waals surface area (Å²) in [6.45, 7) is 1.45. The molecule has 1 aromatic carbocycles. The lowest BCUT2D eigenvalue weighted by atomic mass is 10.1. The SMILES string of the molecule is CCC(NC(=O)c1ccc(OCC(N)=O)cc1)c1nc(C(F)(F)F)cs1. The van der Waals surface area contributed by atoms with Gasteiger partial charge in [0, 0.05) is 10.9 Å². The van der Waals surface area contributed by atoms with Crippen LogP contribution in [0.5, 0.6) is 5.75 Å². The van der Waals surface area contributed by atoms with Gasteiger partial charge in [-0.15, -0.1) is 11.3 Å². The fourth-order valence-electron chi connectivity index (χ4n) is 2.01. The van der Waals surface area contributed by atoms with Crippen molar-refractivity contribution in [1.82, 2.24) is 10.3 Å². The van der Waals surface area contributed by atoms with Crippen LogP contribution in [0.1, 0.15) is 40.4 Å². The first-order valence-corrected chi connectivity index (χ1v) is 8.43. The number of carbonyl (C=O) groups is 2. The number of amides is 2. The molecule has 6 nitrogen and oxygen atoms in total. The van der Waals surface area contributed by atoms with Crippen LogP contribution in [0.4, 0.5) is 13.2 Å². The highest BCUT2D eigenvalue weighted by Gasteiger charge is 2.34. The van der Waals surface area contributed by atoms with Crippen LogP contribution in [0.3, 0.4) is 0 Å². The zero-order chi connectivity index (χ0) is 19.3. The number of primary amides is 1. The van der Waals surface area contributed by atoms with E-state index in [2.05, 4.69) is 10.3 Å². The number of nitrogens with one attached hydrogen (secondary N) is 1. The fraction of sp³-hybridized carbons (Fsp3) is 0.312. The molecule has 0 aliphatic rings. The van der Waals surface area contributed by atoms with Crippen molar-refractivity contribution in [2.75, 3.05) is 6.61 Å². The second-order valence-corrected chi connectivity index (χ2v) is 6.17. The minimum absolute atomic E-state index is 0.189. The van der Waals surface area contributed by atoms with Crippen molar-refractivity contribution in [2.45, 2.75) is 25.6 Å². The average molecular weight is 387 g/mol. The van der Waals surface area contributed by atoms with E-state index in [1.165, 1.54) is 24.3 Å². The van der Waals surface area contributed by atoms with E-state index in [4.69, 9.17) is 10.5 Å². The number of aromatic nitrogens is 1. The van der Waals surface area contributed by atoms with Crippen LogP contribution in [0.25, 0.3) is 0 Å². The standard InChI is InChI=1S/C16H16F3N3O3S/c1-2-11(15-22-12(8-26-15)16(17,18)19)21-14(24)9-3-5-10(6-4-9)25-7-13(20)23/h3-6,8,11H,2,7H2,1H3,(H2,20,23)(H,21,24). The van der Waals surface area contributed by atoms with Crippen LogP contribution in [-0.4, -0.2) is 23.4 Å². The smallest absolute Gasteiger partial charge is 0.434 e. The molecule has 140 valence electrons. The molecule has 0 saturated carbocycles. The first-order valence-electron chi connectivity index (χ1n) is 7.55. The van der Waals surface area contributed by atoms with Crippen LogP contribution in [0, 0.1) is 0 Å². The Labute approximate surface area is 151 Å². The second kappa shape index (κ2) is 8.17. The van der Waals surface area contributed by atoms with E-state index in [0.717, 1.165) is 16.7 Å². The van der Waals surface area contributed by atoms with Crippen molar-refractivity contribution < 1.29 is 27.5 Å². The van der Waals surface area contributed by atoms with Gasteiger partial charge in [-0.1, -0.05) is 6.92 Å². The van der Waals surface area contributed by atoms with E-state index in [1.54, 1.807) is 6.92 Å². The van der Waals surface area contributed by atoms with Gasteiger partial charge in [0.05, 0.1) is 6.04 Å².